The Kier molecular flexibility index (Phi) is 5.14. The fourth-order valence-corrected chi connectivity index (χ4v) is 5.27. The molecule has 3 heterocycles. The summed E-state index contributed by atoms with van der Waals surface area (Å²) in [5.74, 6) is 0. The second-order valence-corrected chi connectivity index (χ2v) is 9.54. The lowest BCUT2D eigenvalue weighted by Crippen LogP contribution is -2.27. The van der Waals surface area contributed by atoms with Crippen LogP contribution in [0, 0.1) is 6.92 Å². The molecular formula is C15H15BrN4O2S2. The average molecular weight is 427 g/mol. The molecule has 3 rings (SSSR count). The number of thiophene rings is 1. The second kappa shape index (κ2) is 7.14. The number of nitrogens with one attached hydrogen (secondary N) is 1. The Bertz CT molecular complexity index is 936. The van der Waals surface area contributed by atoms with Gasteiger partial charge in [-0.2, -0.15) is 5.10 Å². The van der Waals surface area contributed by atoms with Crippen molar-refractivity contribution < 1.29 is 8.42 Å². The zero-order valence-electron chi connectivity index (χ0n) is 12.8. The molecule has 0 saturated carbocycles. The minimum Gasteiger partial charge on any atom is -0.268 e. The van der Waals surface area contributed by atoms with Crippen molar-refractivity contribution in [3.63, 3.8) is 0 Å². The lowest BCUT2D eigenvalue weighted by Gasteiger charge is -2.06. The van der Waals surface area contributed by atoms with Crippen LogP contribution in [0.3, 0.4) is 0 Å². The van der Waals surface area contributed by atoms with Gasteiger partial charge in [0.15, 0.2) is 0 Å². The van der Waals surface area contributed by atoms with Gasteiger partial charge in [0, 0.05) is 30.2 Å². The fourth-order valence-electron chi connectivity index (χ4n) is 2.20. The van der Waals surface area contributed by atoms with E-state index in [1.165, 1.54) is 11.3 Å². The van der Waals surface area contributed by atoms with Crippen LogP contribution in [0.5, 0.6) is 0 Å². The van der Waals surface area contributed by atoms with Gasteiger partial charge >= 0.3 is 0 Å². The lowest BCUT2D eigenvalue weighted by atomic mass is 10.2. The zero-order valence-corrected chi connectivity index (χ0v) is 16.0. The number of nitrogens with zero attached hydrogens (tertiary/aromatic N) is 3. The molecule has 0 atom stereocenters. The summed E-state index contributed by atoms with van der Waals surface area (Å²) in [6, 6.07) is 9.06. The van der Waals surface area contributed by atoms with Crippen LogP contribution in [-0.2, 0) is 16.6 Å². The van der Waals surface area contributed by atoms with E-state index >= 15 is 0 Å². The van der Waals surface area contributed by atoms with E-state index in [0.29, 0.717) is 10.8 Å². The molecule has 3 aromatic rings. The Balaban J connectivity index is 1.66. The monoisotopic (exact) mass is 426 g/mol. The summed E-state index contributed by atoms with van der Waals surface area (Å²) in [4.78, 5) is 3.99. The largest absolute Gasteiger partial charge is 0.268 e. The minimum atomic E-state index is -3.48. The highest BCUT2D eigenvalue weighted by Gasteiger charge is 2.16. The van der Waals surface area contributed by atoms with Crippen LogP contribution < -0.4 is 4.72 Å². The summed E-state index contributed by atoms with van der Waals surface area (Å²) in [7, 11) is -3.48. The first-order chi connectivity index (χ1) is 11.5. The zero-order chi connectivity index (χ0) is 17.2. The SMILES string of the molecule is Cc1cc(-c2ccncc2)nn1CCNS(=O)(=O)c1ccc(Br)s1. The van der Waals surface area contributed by atoms with Gasteiger partial charge in [0.1, 0.15) is 4.21 Å². The van der Waals surface area contributed by atoms with E-state index in [9.17, 15) is 8.42 Å². The molecule has 0 bridgehead atoms. The van der Waals surface area contributed by atoms with Gasteiger partial charge in [-0.05, 0) is 53.2 Å². The summed E-state index contributed by atoms with van der Waals surface area (Å²) in [5.41, 5.74) is 2.80. The van der Waals surface area contributed by atoms with Gasteiger partial charge in [0.2, 0.25) is 10.0 Å². The summed E-state index contributed by atoms with van der Waals surface area (Å²) >= 11 is 4.46. The van der Waals surface area contributed by atoms with E-state index in [4.69, 9.17) is 0 Å². The van der Waals surface area contributed by atoms with Crippen LogP contribution in [-0.4, -0.2) is 29.7 Å². The molecular weight excluding hydrogens is 412 g/mol. The lowest BCUT2D eigenvalue weighted by molar-refractivity contribution is 0.558. The molecule has 0 amide bonds. The maximum atomic E-state index is 12.2. The third kappa shape index (κ3) is 3.92. The van der Waals surface area contributed by atoms with Crippen molar-refractivity contribution in [1.82, 2.24) is 19.5 Å². The predicted molar refractivity (Wildman–Crippen MR) is 97.4 cm³/mol. The first kappa shape index (κ1) is 17.3. The van der Waals surface area contributed by atoms with Crippen molar-refractivity contribution in [2.75, 3.05) is 6.54 Å². The first-order valence-corrected chi connectivity index (χ1v) is 10.2. The van der Waals surface area contributed by atoms with Gasteiger partial charge in [0.25, 0.3) is 0 Å². The molecule has 24 heavy (non-hydrogen) atoms. The molecule has 6 nitrogen and oxygen atoms in total. The highest BCUT2D eigenvalue weighted by Crippen LogP contribution is 2.25. The predicted octanol–water partition coefficient (Wildman–Crippen LogP) is 3.06. The van der Waals surface area contributed by atoms with Crippen molar-refractivity contribution in [2.24, 2.45) is 0 Å². The Morgan fingerprint density at radius 3 is 2.67 bits per heavy atom. The van der Waals surface area contributed by atoms with Crippen molar-refractivity contribution >= 4 is 37.3 Å². The molecule has 1 N–H and O–H groups in total. The summed E-state index contributed by atoms with van der Waals surface area (Å²) in [6.45, 7) is 2.68. The van der Waals surface area contributed by atoms with Crippen LogP contribution >= 0.6 is 27.3 Å². The van der Waals surface area contributed by atoms with Crippen LogP contribution in [0.4, 0.5) is 0 Å². The van der Waals surface area contributed by atoms with Crippen molar-refractivity contribution in [1.29, 1.82) is 0 Å². The van der Waals surface area contributed by atoms with Gasteiger partial charge in [-0.15, -0.1) is 11.3 Å². The van der Waals surface area contributed by atoms with E-state index in [0.717, 1.165) is 20.7 Å². The molecule has 0 aliphatic rings. The quantitative estimate of drug-likeness (QED) is 0.656. The van der Waals surface area contributed by atoms with E-state index in [2.05, 4.69) is 30.7 Å². The van der Waals surface area contributed by atoms with Crippen molar-refractivity contribution in [3.05, 3.63) is 52.2 Å². The third-order valence-electron chi connectivity index (χ3n) is 3.39. The number of sulfonamides is 1. The third-order valence-corrected chi connectivity index (χ3v) is 6.96. The fraction of sp³-hybridized carbons (Fsp3) is 0.200. The number of hydrogen-bond acceptors (Lipinski definition) is 5. The van der Waals surface area contributed by atoms with Gasteiger partial charge in [0.05, 0.1) is 16.0 Å². The molecule has 0 aromatic carbocycles. The van der Waals surface area contributed by atoms with Crippen LogP contribution in [0.15, 0.2) is 50.7 Å². The minimum absolute atomic E-state index is 0.274. The van der Waals surface area contributed by atoms with Crippen LogP contribution in [0.25, 0.3) is 11.3 Å². The van der Waals surface area contributed by atoms with E-state index < -0.39 is 10.0 Å². The number of halogens is 1. The Morgan fingerprint density at radius 2 is 2.00 bits per heavy atom. The van der Waals surface area contributed by atoms with Crippen LogP contribution in [0.2, 0.25) is 0 Å². The van der Waals surface area contributed by atoms with Crippen molar-refractivity contribution in [3.8, 4) is 11.3 Å². The van der Waals surface area contributed by atoms with Crippen LogP contribution in [0.1, 0.15) is 5.69 Å². The molecule has 126 valence electrons. The Hall–Kier alpha value is -1.55. The number of aromatic nitrogens is 3. The Morgan fingerprint density at radius 1 is 1.25 bits per heavy atom. The molecule has 0 saturated heterocycles. The number of hydrogen-bond donors (Lipinski definition) is 1. The number of pyridine rings is 1. The maximum Gasteiger partial charge on any atom is 0.250 e. The molecule has 0 aliphatic heterocycles. The van der Waals surface area contributed by atoms with E-state index in [1.54, 1.807) is 29.2 Å². The number of rotatable bonds is 6. The topological polar surface area (TPSA) is 76.9 Å². The highest BCUT2D eigenvalue weighted by atomic mass is 79.9. The molecule has 0 unspecified atom stereocenters. The van der Waals surface area contributed by atoms with Gasteiger partial charge < -0.3 is 0 Å². The second-order valence-electron chi connectivity index (χ2n) is 5.09. The summed E-state index contributed by atoms with van der Waals surface area (Å²) in [5, 5.41) is 4.53. The number of aryl methyl sites for hydroxylation is 1. The van der Waals surface area contributed by atoms with Crippen molar-refractivity contribution in [2.45, 2.75) is 17.7 Å². The smallest absolute Gasteiger partial charge is 0.250 e. The van der Waals surface area contributed by atoms with E-state index in [-0.39, 0.29) is 6.54 Å². The molecule has 0 radical (unpaired) electrons. The normalized spacial score (nSPS) is 11.8. The average Bonchev–Trinajstić information content (AvgIpc) is 3.15. The summed E-state index contributed by atoms with van der Waals surface area (Å²) < 4.78 is 29.9. The first-order valence-electron chi connectivity index (χ1n) is 7.15. The van der Waals surface area contributed by atoms with E-state index in [1.807, 2.05) is 25.1 Å². The Labute approximate surface area is 152 Å². The van der Waals surface area contributed by atoms with Gasteiger partial charge in [-0.3, -0.25) is 9.67 Å². The van der Waals surface area contributed by atoms with Gasteiger partial charge in [-0.1, -0.05) is 0 Å². The van der Waals surface area contributed by atoms with Gasteiger partial charge in [-0.25, -0.2) is 13.1 Å². The molecule has 9 heteroatoms. The summed E-state index contributed by atoms with van der Waals surface area (Å²) in [6.07, 6.45) is 3.44. The molecule has 3 aromatic heterocycles. The molecule has 0 fully saturated rings. The standard InChI is InChI=1S/C15H15BrN4O2S2/c1-11-10-13(12-4-6-17-7-5-12)19-20(11)9-8-18-24(21,22)15-3-2-14(16)23-15/h2-7,10,18H,8-9H2,1H3. The molecule has 0 spiro atoms. The maximum absolute atomic E-state index is 12.2. The highest BCUT2D eigenvalue weighted by molar-refractivity contribution is 9.11. The molecule has 0 aliphatic carbocycles.